The standard InChI is InChI=1S/C43H37N7O2/c1-2-3-23-38-37(41(52)49-29-39(51)45-42(49)44-38)28-30-24-26-31(27-25-30)35-21-13-14-22-36(35)40-46-47-48-50(40)43(32-15-7-4-8-16-32,33-17-9-5-10-18-33)34-19-11-6-12-20-34/h4-22,24-27H,2-3,23,28-29H2,1H3,(H,44,45,51). The van der Waals surface area contributed by atoms with Crippen LogP contribution in [0.25, 0.3) is 22.5 Å². The molecule has 1 aliphatic rings. The van der Waals surface area contributed by atoms with Gasteiger partial charge in [-0.1, -0.05) is 153 Å². The average molecular weight is 684 g/mol. The van der Waals surface area contributed by atoms with Gasteiger partial charge in [-0.25, -0.2) is 9.67 Å². The predicted octanol–water partition coefficient (Wildman–Crippen LogP) is 7.29. The molecule has 9 heteroatoms. The van der Waals surface area contributed by atoms with E-state index < -0.39 is 5.54 Å². The number of aryl methyl sites for hydroxylation is 1. The highest BCUT2D eigenvalue weighted by Gasteiger charge is 2.42. The van der Waals surface area contributed by atoms with Crippen LogP contribution in [0.2, 0.25) is 0 Å². The Hall–Kier alpha value is -6.48. The summed E-state index contributed by atoms with van der Waals surface area (Å²) in [5.41, 5.74) is 7.26. The van der Waals surface area contributed by atoms with Gasteiger partial charge in [0.1, 0.15) is 12.1 Å². The molecule has 0 saturated carbocycles. The summed E-state index contributed by atoms with van der Waals surface area (Å²) in [7, 11) is 0. The van der Waals surface area contributed by atoms with Crippen molar-refractivity contribution in [3.05, 3.63) is 183 Å². The molecule has 0 atom stereocenters. The van der Waals surface area contributed by atoms with Crippen LogP contribution in [0.1, 0.15) is 53.3 Å². The SMILES string of the molecule is CCCCc1nc2n(c(=O)c1Cc1ccc(-c3ccccc3-c3nnnn3C(c3ccccc3)(c3ccccc3)c3ccccc3)cc1)CC(=O)N2. The molecule has 0 radical (unpaired) electrons. The number of aromatic nitrogens is 6. The Kier molecular flexibility index (Phi) is 8.83. The monoisotopic (exact) mass is 683 g/mol. The van der Waals surface area contributed by atoms with Gasteiger partial charge in [-0.15, -0.1) is 5.10 Å². The van der Waals surface area contributed by atoms with Gasteiger partial charge in [0.2, 0.25) is 11.9 Å². The minimum absolute atomic E-state index is 0.00246. The number of nitrogens with one attached hydrogen (secondary N) is 1. The third kappa shape index (κ3) is 5.80. The van der Waals surface area contributed by atoms with Gasteiger partial charge in [0.05, 0.1) is 5.69 Å². The number of tetrazole rings is 1. The molecule has 9 nitrogen and oxygen atoms in total. The number of carbonyl (C=O) groups excluding carboxylic acids is 1. The van der Waals surface area contributed by atoms with Crippen molar-refractivity contribution in [2.75, 3.05) is 5.32 Å². The third-order valence-electron chi connectivity index (χ3n) is 9.84. The maximum absolute atomic E-state index is 13.6. The normalized spacial score (nSPS) is 12.4. The van der Waals surface area contributed by atoms with Gasteiger partial charge in [-0.2, -0.15) is 0 Å². The van der Waals surface area contributed by atoms with E-state index in [1.807, 2.05) is 71.4 Å². The molecule has 0 bridgehead atoms. The summed E-state index contributed by atoms with van der Waals surface area (Å²) in [6.07, 6.45) is 2.99. The average Bonchev–Trinajstić information content (AvgIpc) is 3.84. The van der Waals surface area contributed by atoms with Crippen molar-refractivity contribution in [2.45, 2.75) is 44.7 Å². The van der Waals surface area contributed by atoms with Crippen LogP contribution >= 0.6 is 0 Å². The zero-order valence-corrected chi connectivity index (χ0v) is 28.8. The molecule has 0 spiro atoms. The minimum atomic E-state index is -0.882. The van der Waals surface area contributed by atoms with Crippen molar-refractivity contribution in [1.29, 1.82) is 0 Å². The number of rotatable bonds is 11. The van der Waals surface area contributed by atoms with Crippen LogP contribution in [0.4, 0.5) is 5.95 Å². The first kappa shape index (κ1) is 32.7. The van der Waals surface area contributed by atoms with Gasteiger partial charge in [-0.05, 0) is 56.6 Å². The summed E-state index contributed by atoms with van der Waals surface area (Å²) in [6, 6.07) is 47.5. The Labute approximate surface area is 301 Å². The quantitative estimate of drug-likeness (QED) is 0.144. The van der Waals surface area contributed by atoms with E-state index >= 15 is 0 Å². The van der Waals surface area contributed by atoms with Crippen molar-refractivity contribution >= 4 is 11.9 Å². The Morgan fingerprint density at radius 3 is 1.88 bits per heavy atom. The molecule has 5 aromatic carbocycles. The van der Waals surface area contributed by atoms with Gasteiger partial charge >= 0.3 is 0 Å². The highest BCUT2D eigenvalue weighted by atomic mass is 16.2. The van der Waals surface area contributed by atoms with Crippen molar-refractivity contribution in [1.82, 2.24) is 29.8 Å². The van der Waals surface area contributed by atoms with E-state index in [4.69, 9.17) is 15.3 Å². The number of benzene rings is 5. The van der Waals surface area contributed by atoms with E-state index in [1.54, 1.807) is 0 Å². The van der Waals surface area contributed by atoms with Crippen molar-refractivity contribution in [3.8, 4) is 22.5 Å². The first-order valence-electron chi connectivity index (χ1n) is 17.6. The Bertz CT molecular complexity index is 2310. The fourth-order valence-corrected chi connectivity index (χ4v) is 7.34. The minimum Gasteiger partial charge on any atom is -0.294 e. The number of amides is 1. The molecular weight excluding hydrogens is 647 g/mol. The van der Waals surface area contributed by atoms with Crippen LogP contribution in [0.15, 0.2) is 144 Å². The highest BCUT2D eigenvalue weighted by molar-refractivity contribution is 5.92. The van der Waals surface area contributed by atoms with E-state index in [0.29, 0.717) is 30.2 Å². The lowest BCUT2D eigenvalue weighted by atomic mass is 9.77. The zero-order valence-electron chi connectivity index (χ0n) is 28.8. The number of hydrogen-bond acceptors (Lipinski definition) is 6. The Balaban J connectivity index is 1.22. The van der Waals surface area contributed by atoms with Gasteiger partial charge in [0.25, 0.3) is 5.56 Å². The summed E-state index contributed by atoms with van der Waals surface area (Å²) >= 11 is 0. The van der Waals surface area contributed by atoms with Crippen molar-refractivity contribution < 1.29 is 4.79 Å². The number of carbonyl (C=O) groups is 1. The van der Waals surface area contributed by atoms with Crippen LogP contribution in [0, 0.1) is 0 Å². The topological polar surface area (TPSA) is 108 Å². The van der Waals surface area contributed by atoms with Crippen LogP contribution in [0.5, 0.6) is 0 Å². The zero-order chi connectivity index (χ0) is 35.5. The number of anilines is 1. The maximum Gasteiger partial charge on any atom is 0.259 e. The van der Waals surface area contributed by atoms with E-state index in [0.717, 1.165) is 57.5 Å². The Morgan fingerprint density at radius 1 is 0.712 bits per heavy atom. The summed E-state index contributed by atoms with van der Waals surface area (Å²) in [5, 5.41) is 16.5. The molecule has 52 heavy (non-hydrogen) atoms. The van der Waals surface area contributed by atoms with Crippen LogP contribution in [0.3, 0.4) is 0 Å². The summed E-state index contributed by atoms with van der Waals surface area (Å²) in [4.78, 5) is 30.4. The lowest BCUT2D eigenvalue weighted by Gasteiger charge is -2.36. The van der Waals surface area contributed by atoms with Crippen LogP contribution in [-0.4, -0.2) is 35.7 Å². The number of unbranched alkanes of at least 4 members (excludes halogenated alkanes) is 1. The number of nitrogens with zero attached hydrogens (tertiary/aromatic N) is 6. The van der Waals surface area contributed by atoms with E-state index in [9.17, 15) is 9.59 Å². The maximum atomic E-state index is 13.6. The smallest absolute Gasteiger partial charge is 0.259 e. The number of fused-ring (bicyclic) bond motifs is 1. The summed E-state index contributed by atoms with van der Waals surface area (Å²) in [5.74, 6) is 0.748. The fourth-order valence-electron chi connectivity index (χ4n) is 7.34. The second-order valence-corrected chi connectivity index (χ2v) is 13.0. The van der Waals surface area contributed by atoms with E-state index in [2.05, 4.69) is 90.3 Å². The predicted molar refractivity (Wildman–Crippen MR) is 202 cm³/mol. The molecule has 0 aliphatic carbocycles. The molecule has 1 amide bonds. The van der Waals surface area contributed by atoms with E-state index in [1.165, 1.54) is 4.57 Å². The van der Waals surface area contributed by atoms with E-state index in [-0.39, 0.29) is 18.0 Å². The van der Waals surface area contributed by atoms with Gasteiger partial charge < -0.3 is 0 Å². The van der Waals surface area contributed by atoms with Crippen LogP contribution in [-0.2, 0) is 29.7 Å². The van der Waals surface area contributed by atoms with Gasteiger partial charge in [0, 0.05) is 17.5 Å². The van der Waals surface area contributed by atoms with Crippen LogP contribution < -0.4 is 10.9 Å². The summed E-state index contributed by atoms with van der Waals surface area (Å²) in [6.45, 7) is 2.11. The largest absolute Gasteiger partial charge is 0.294 e. The summed E-state index contributed by atoms with van der Waals surface area (Å²) < 4.78 is 3.40. The van der Waals surface area contributed by atoms with Crippen molar-refractivity contribution in [3.63, 3.8) is 0 Å². The molecule has 7 aromatic rings. The van der Waals surface area contributed by atoms with Gasteiger partial charge in [0.15, 0.2) is 5.82 Å². The Morgan fingerprint density at radius 2 is 1.29 bits per heavy atom. The molecule has 0 unspecified atom stereocenters. The molecule has 0 fully saturated rings. The third-order valence-corrected chi connectivity index (χ3v) is 9.84. The van der Waals surface area contributed by atoms with Gasteiger partial charge in [-0.3, -0.25) is 19.5 Å². The molecule has 2 aromatic heterocycles. The molecule has 256 valence electrons. The molecule has 1 N–H and O–H groups in total. The lowest BCUT2D eigenvalue weighted by Crippen LogP contribution is -2.39. The molecule has 0 saturated heterocycles. The lowest BCUT2D eigenvalue weighted by molar-refractivity contribution is -0.115. The van der Waals surface area contributed by atoms with Crippen molar-refractivity contribution in [2.24, 2.45) is 0 Å². The second-order valence-electron chi connectivity index (χ2n) is 13.0. The highest BCUT2D eigenvalue weighted by Crippen LogP contribution is 2.43. The fraction of sp³-hybridized carbons (Fsp3) is 0.163. The first-order valence-corrected chi connectivity index (χ1v) is 17.6. The first-order chi connectivity index (χ1) is 25.6. The number of hydrogen-bond donors (Lipinski definition) is 1. The second kappa shape index (κ2) is 14.0. The molecule has 8 rings (SSSR count). The molecular formula is C43H37N7O2. The molecule has 3 heterocycles. The molecule has 1 aliphatic heterocycles.